The lowest BCUT2D eigenvalue weighted by atomic mass is 9.76. The third-order valence-electron chi connectivity index (χ3n) is 25.7. The second kappa shape index (κ2) is 49.1. The highest BCUT2D eigenvalue weighted by Crippen LogP contribution is 2.40. The van der Waals surface area contributed by atoms with E-state index in [-0.39, 0.29) is 129 Å². The van der Waals surface area contributed by atoms with E-state index < -0.39 is 77.7 Å². The molecule has 4 aliphatic heterocycles. The molecule has 140 heavy (non-hydrogen) atoms. The van der Waals surface area contributed by atoms with Crippen molar-refractivity contribution in [3.63, 3.8) is 0 Å². The predicted octanol–water partition coefficient (Wildman–Crippen LogP) is 15.7. The van der Waals surface area contributed by atoms with Crippen LogP contribution in [0.1, 0.15) is 230 Å². The zero-order valence-corrected chi connectivity index (χ0v) is 87.2. The van der Waals surface area contributed by atoms with E-state index in [4.69, 9.17) is 13.6 Å². The molecule has 8 N–H and O–H groups in total. The number of nitrogens with zero attached hydrogens (tertiary/aromatic N) is 11. The van der Waals surface area contributed by atoms with Gasteiger partial charge in [-0.1, -0.05) is 183 Å². The number of Topliss-reactive ketones (excluding diaryl/α,β-unsaturated/α-hetero) is 1. The first kappa shape index (κ1) is 109. The molecule has 11 heterocycles. The number of aliphatic hydroxyl groups excluding tert-OH is 4. The molecule has 0 radical (unpaired) electrons. The monoisotopic (exact) mass is 1990 g/mol. The van der Waals surface area contributed by atoms with Gasteiger partial charge in [0.05, 0.1) is 106 Å². The fourth-order valence-electron chi connectivity index (χ4n) is 18.1. The summed E-state index contributed by atoms with van der Waals surface area (Å²) in [7, 11) is 0. The first-order chi connectivity index (χ1) is 66.5. The van der Waals surface area contributed by atoms with E-state index in [1.807, 2.05) is 206 Å². The third-order valence-corrected chi connectivity index (χ3v) is 29.6. The lowest BCUT2D eigenvalue weighted by Crippen LogP contribution is -2.50. The van der Waals surface area contributed by atoms with E-state index in [1.54, 1.807) is 91.2 Å². The SMILES string of the molecule is CC.CCC(=O)C[C@H](C(=O)N1C[C@H](O)C[C@H]1C(=O)NCc1ccc(-c2scnc2C)cc1)C(C)(C)C.Cc1cc([C@H](C(=O)N2C[C@H](O)C[C@H]2C(=O)NCc2ccc(-c3scnc3C)c(C)c2)C(C)C)on1.Cc1cc([C@H](C(=O)N2C[C@H](O)C[C@H]2C(=O)NCc2ccc(-c3scnc3C)cc2)C(C)C)on1.Cc1cc([C@H](C(=O)N2C[C@H](O)C[C@H]2C(=O)NCc2ccc(-c3scnc3C)cc2C)C(C)C)on1. The first-order valence-corrected chi connectivity index (χ1v) is 51.4. The van der Waals surface area contributed by atoms with Gasteiger partial charge in [-0.25, -0.2) is 19.9 Å². The Morgan fingerprint density at radius 1 is 0.393 bits per heavy atom. The number of ketones is 1. The minimum atomic E-state index is -0.760. The van der Waals surface area contributed by atoms with Crippen molar-refractivity contribution >= 4 is 98.4 Å². The average molecular weight is 1990 g/mol. The Labute approximate surface area is 835 Å². The maximum atomic E-state index is 13.5. The molecule has 8 amide bonds. The van der Waals surface area contributed by atoms with Crippen LogP contribution < -0.4 is 21.3 Å². The van der Waals surface area contributed by atoms with Crippen molar-refractivity contribution in [1.29, 1.82) is 0 Å². The second-order valence-electron chi connectivity index (χ2n) is 38.5. The van der Waals surface area contributed by atoms with E-state index in [2.05, 4.69) is 74.9 Å². The van der Waals surface area contributed by atoms with Crippen LogP contribution in [0.5, 0.6) is 0 Å². The number of carbonyl (C=O) groups is 9. The number of hydrogen-bond donors (Lipinski definition) is 8. The van der Waals surface area contributed by atoms with Gasteiger partial charge in [-0.2, -0.15) is 0 Å². The van der Waals surface area contributed by atoms with E-state index in [9.17, 15) is 63.6 Å². The van der Waals surface area contributed by atoms with Crippen LogP contribution in [0.4, 0.5) is 0 Å². The number of thiazole rings is 4. The number of nitrogens with one attached hydrogen (secondary N) is 4. The normalized spacial score (nSPS) is 18.7. The maximum Gasteiger partial charge on any atom is 0.243 e. The largest absolute Gasteiger partial charge is 0.391 e. The van der Waals surface area contributed by atoms with Crippen LogP contribution in [0.2, 0.25) is 0 Å². The zero-order chi connectivity index (χ0) is 102. The Morgan fingerprint density at radius 2 is 0.700 bits per heavy atom. The Kier molecular flexibility index (Phi) is 38.1. The van der Waals surface area contributed by atoms with Gasteiger partial charge in [0, 0.05) is 115 Å². The minimum absolute atomic E-state index is 0.0194. The number of benzene rings is 4. The van der Waals surface area contributed by atoms with E-state index in [0.29, 0.717) is 67.0 Å². The lowest BCUT2D eigenvalue weighted by molar-refractivity contribution is -0.146. The van der Waals surface area contributed by atoms with Gasteiger partial charge in [0.25, 0.3) is 0 Å². The average Bonchev–Trinajstić information content (AvgIpc) is 1.69. The molecule has 0 unspecified atom stereocenters. The Hall–Kier alpha value is -11.7. The summed E-state index contributed by atoms with van der Waals surface area (Å²) in [5.41, 5.74) is 23.4. The van der Waals surface area contributed by atoms with Crippen LogP contribution in [0.3, 0.4) is 0 Å². The van der Waals surface area contributed by atoms with Crippen LogP contribution in [-0.2, 0) is 69.3 Å². The molecule has 4 aliphatic rings. The molecule has 11 aromatic rings. The van der Waals surface area contributed by atoms with Crippen LogP contribution in [0.15, 0.2) is 139 Å². The van der Waals surface area contributed by atoms with Crippen molar-refractivity contribution in [2.24, 2.45) is 29.1 Å². The lowest BCUT2D eigenvalue weighted by Gasteiger charge is -2.34. The summed E-state index contributed by atoms with van der Waals surface area (Å²) < 4.78 is 16.2. The minimum Gasteiger partial charge on any atom is -0.391 e. The summed E-state index contributed by atoms with van der Waals surface area (Å²) in [5, 5.41) is 64.7. The fourth-order valence-corrected chi connectivity index (χ4v) is 21.4. The Morgan fingerprint density at radius 3 is 0.993 bits per heavy atom. The van der Waals surface area contributed by atoms with E-state index in [1.165, 1.54) is 19.6 Å². The van der Waals surface area contributed by atoms with Gasteiger partial charge in [-0.15, -0.1) is 45.3 Å². The van der Waals surface area contributed by atoms with Crippen LogP contribution >= 0.6 is 45.3 Å². The summed E-state index contributed by atoms with van der Waals surface area (Å²) >= 11 is 6.41. The van der Waals surface area contributed by atoms with Gasteiger partial charge in [0.15, 0.2) is 0 Å². The number of rotatable bonds is 29. The molecule has 4 saturated heterocycles. The number of hydrogen-bond acceptors (Lipinski definition) is 27. The van der Waals surface area contributed by atoms with Crippen molar-refractivity contribution in [3.05, 3.63) is 216 Å². The molecule has 31 nitrogen and oxygen atoms in total. The first-order valence-electron chi connectivity index (χ1n) is 47.9. The van der Waals surface area contributed by atoms with Gasteiger partial charge in [0.2, 0.25) is 47.3 Å². The quantitative estimate of drug-likeness (QED) is 0.0216. The molecule has 0 saturated carbocycles. The fraction of sp³-hybridized carbons (Fsp3) is 0.486. The summed E-state index contributed by atoms with van der Waals surface area (Å²) in [6, 6.07) is 30.5. The molecule has 4 fully saturated rings. The summed E-state index contributed by atoms with van der Waals surface area (Å²) in [6.45, 7) is 42.4. The van der Waals surface area contributed by atoms with Gasteiger partial charge >= 0.3 is 0 Å². The highest BCUT2D eigenvalue weighted by molar-refractivity contribution is 7.14. The molecule has 35 heteroatoms. The van der Waals surface area contributed by atoms with Gasteiger partial charge < -0.3 is 74.9 Å². The number of aliphatic hydroxyl groups is 4. The van der Waals surface area contributed by atoms with E-state index in [0.717, 1.165) is 97.9 Å². The maximum absolute atomic E-state index is 13.5. The predicted molar refractivity (Wildman–Crippen MR) is 541 cm³/mol. The summed E-state index contributed by atoms with van der Waals surface area (Å²) in [6.07, 6.45) is -1.66. The van der Waals surface area contributed by atoms with Gasteiger partial charge in [0.1, 0.15) is 65.0 Å². The Balaban J connectivity index is 0.000000177. The molecular weight excluding hydrogens is 1860 g/mol. The van der Waals surface area contributed by atoms with Gasteiger partial charge in [-0.05, 0) is 141 Å². The van der Waals surface area contributed by atoms with Crippen molar-refractivity contribution in [2.45, 2.75) is 276 Å². The van der Waals surface area contributed by atoms with Crippen molar-refractivity contribution in [1.82, 2.24) is 76.3 Å². The van der Waals surface area contributed by atoms with Crippen LogP contribution in [0.25, 0.3) is 41.8 Å². The summed E-state index contributed by atoms with van der Waals surface area (Å²) in [5.74, 6) is -2.98. The van der Waals surface area contributed by atoms with Crippen molar-refractivity contribution < 1.29 is 77.1 Å². The summed E-state index contributed by atoms with van der Waals surface area (Å²) in [4.78, 5) is 146. The molecule has 0 bridgehead atoms. The molecule has 0 aliphatic carbocycles. The topological polar surface area (TPSA) is 425 Å². The number of amides is 8. The Bertz CT molecular complexity index is 6060. The van der Waals surface area contributed by atoms with Crippen molar-refractivity contribution in [2.75, 3.05) is 26.2 Å². The molecule has 4 aromatic carbocycles. The molecule has 750 valence electrons. The van der Waals surface area contributed by atoms with Crippen molar-refractivity contribution in [3.8, 4) is 41.8 Å². The molecule has 7 aromatic heterocycles. The third kappa shape index (κ3) is 27.3. The molecule has 12 atom stereocenters. The highest BCUT2D eigenvalue weighted by atomic mass is 32.1. The highest BCUT2D eigenvalue weighted by Gasteiger charge is 2.49. The molecule has 0 spiro atoms. The number of aromatic nitrogens is 7. The number of likely N-dealkylation sites (tertiary alicyclic amines) is 4. The number of β-amino-alcohol motifs (C(OH)–C–C–N with tert-alkyl or cyclic N) is 4. The second-order valence-corrected chi connectivity index (χ2v) is 41.9. The zero-order valence-electron chi connectivity index (χ0n) is 83.9. The smallest absolute Gasteiger partial charge is 0.243 e. The molecule has 15 rings (SSSR count). The number of aryl methyl sites for hydroxylation is 9. The van der Waals surface area contributed by atoms with Crippen LogP contribution in [-0.4, -0.2) is 203 Å². The van der Waals surface area contributed by atoms with E-state index >= 15 is 0 Å². The van der Waals surface area contributed by atoms with Gasteiger partial charge in [-0.3, -0.25) is 43.2 Å². The standard InChI is InChI=1S/2C26H32N4O4S.C26H35N3O4S.C25H30N4O4S.C2H6/c1-14(2)23(22-9-16(4)29-34-22)26(33)30-12-20(31)10-21(30)25(32)27-11-19-7-6-18(8-15(19)3)24-17(5)28-13-35-24;1-14(2)23(22-9-16(4)29-34-22)26(33)30-12-19(31)10-21(30)25(32)27-11-18-6-7-20(15(3)8-18)24-17(5)28-13-35-24;1-6-19(30)11-21(26(3,4)5)25(33)29-14-20(31)12-22(29)24(32)27-13-17-7-9-18(10-8-17)23-16(2)28-15-34-23;1-14(2)22(21-9-15(3)28-33-21)25(32)29-12-19(30)10-20(29)24(31)26-11-17-5-7-18(8-6-17)23-16(4)27-13-34-23;1-2/h6-9,13-14,20-21,23,31H,10-12H2,1-5H3,(H,27,32);6-9,13-14,19,21,23,31H,10-12H2,1-5H3,(H,27,32);7-10,15,20-22,31H,6,11-14H2,1-5H3,(H,27,32);5-9,13-14,19-20,22,30H,10-12H2,1-4H3,(H,26,31);1-2H3/t20-,21+,23-;19-,21+,23-;20-,21-,22+;19-,20+,22-;/m1111./s1. The van der Waals surface area contributed by atoms with Crippen LogP contribution in [0, 0.1) is 91.4 Å². The molecular formula is C105H135N15O16S4. The number of carbonyl (C=O) groups excluding carboxylic acids is 9.